The fraction of sp³-hybridized carbons (Fsp3) is 0.296. The summed E-state index contributed by atoms with van der Waals surface area (Å²) in [6.45, 7) is 6.84. The Hall–Kier alpha value is -3.91. The van der Waals surface area contributed by atoms with Crippen LogP contribution in [0.25, 0.3) is 5.76 Å². The van der Waals surface area contributed by atoms with E-state index in [4.69, 9.17) is 4.74 Å². The molecular formula is C27H29N3O5. The number of Topliss-reactive ketones (excluding diaryl/α,β-unsaturated/α-hetero) is 1. The van der Waals surface area contributed by atoms with Crippen molar-refractivity contribution < 1.29 is 24.2 Å². The van der Waals surface area contributed by atoms with E-state index in [1.807, 2.05) is 25.9 Å². The van der Waals surface area contributed by atoms with E-state index in [2.05, 4.69) is 6.58 Å². The first kappa shape index (κ1) is 24.2. The van der Waals surface area contributed by atoms with E-state index >= 15 is 0 Å². The Morgan fingerprint density at radius 2 is 1.80 bits per heavy atom. The topological polar surface area (TPSA) is 90.4 Å². The fourth-order valence-electron chi connectivity index (χ4n) is 4.80. The van der Waals surface area contributed by atoms with Crippen molar-refractivity contribution in [3.8, 4) is 5.75 Å². The third-order valence-electron chi connectivity index (χ3n) is 6.33. The second-order valence-electron chi connectivity index (χ2n) is 8.70. The molecule has 2 aliphatic rings. The van der Waals surface area contributed by atoms with Gasteiger partial charge in [-0.2, -0.15) is 0 Å². The molecule has 0 bridgehead atoms. The van der Waals surface area contributed by atoms with Crippen LogP contribution in [0.1, 0.15) is 18.1 Å². The summed E-state index contributed by atoms with van der Waals surface area (Å²) in [5.41, 5.74) is -0.628. The van der Waals surface area contributed by atoms with E-state index in [0.29, 0.717) is 35.7 Å². The molecule has 35 heavy (non-hydrogen) atoms. The predicted molar refractivity (Wildman–Crippen MR) is 133 cm³/mol. The maximum Gasteiger partial charge on any atom is 0.296 e. The Balaban J connectivity index is 1.99. The van der Waals surface area contributed by atoms with Crippen LogP contribution in [0.3, 0.4) is 0 Å². The van der Waals surface area contributed by atoms with Crippen LogP contribution in [0.15, 0.2) is 66.8 Å². The maximum absolute atomic E-state index is 14.2. The first-order chi connectivity index (χ1) is 16.8. The number of ether oxygens (including phenoxy) is 1. The van der Waals surface area contributed by atoms with Gasteiger partial charge in [-0.15, -0.1) is 6.58 Å². The van der Waals surface area contributed by atoms with E-state index in [-0.39, 0.29) is 18.7 Å². The van der Waals surface area contributed by atoms with Gasteiger partial charge in [0.25, 0.3) is 17.6 Å². The number of likely N-dealkylation sites (N-methyl/N-ethyl adjacent to an activating group) is 1. The molecule has 1 atom stereocenters. The number of benzene rings is 2. The minimum Gasteiger partial charge on any atom is -0.507 e. The number of rotatable bonds is 8. The standard InChI is InChI=1S/C27H29N3O5/c1-5-15-29-21-10-8-7-9-20(21)27(26(29)34)22(24(32)25(33)30(27)17-16-28(3)4)23(31)18-11-13-19(14-12-18)35-6-2/h5,7-14,31H,1,6,15-17H2,2-4H3/b23-22-. The van der Waals surface area contributed by atoms with Crippen LogP contribution in [0, 0.1) is 0 Å². The number of ketones is 1. The molecule has 182 valence electrons. The molecule has 1 saturated heterocycles. The molecule has 0 radical (unpaired) electrons. The molecule has 8 heteroatoms. The lowest BCUT2D eigenvalue weighted by Gasteiger charge is -2.35. The number of carbonyl (C=O) groups is 3. The van der Waals surface area contributed by atoms with Crippen LogP contribution in [0.5, 0.6) is 5.75 Å². The summed E-state index contributed by atoms with van der Waals surface area (Å²) >= 11 is 0. The highest BCUT2D eigenvalue weighted by molar-refractivity contribution is 6.50. The van der Waals surface area contributed by atoms with Crippen molar-refractivity contribution in [3.63, 3.8) is 0 Å². The highest BCUT2D eigenvalue weighted by Crippen LogP contribution is 2.53. The minimum atomic E-state index is -1.77. The summed E-state index contributed by atoms with van der Waals surface area (Å²) in [6, 6.07) is 13.6. The fourth-order valence-corrected chi connectivity index (χ4v) is 4.80. The van der Waals surface area contributed by atoms with Crippen molar-refractivity contribution >= 4 is 29.0 Å². The first-order valence-electron chi connectivity index (χ1n) is 11.5. The number of amides is 2. The third-order valence-corrected chi connectivity index (χ3v) is 6.33. The van der Waals surface area contributed by atoms with Gasteiger partial charge in [0.15, 0.2) is 5.54 Å². The largest absolute Gasteiger partial charge is 0.507 e. The number of nitrogens with zero attached hydrogens (tertiary/aromatic N) is 3. The van der Waals surface area contributed by atoms with Gasteiger partial charge in [-0.1, -0.05) is 24.3 Å². The SMILES string of the molecule is C=CCN1C(=O)C2(/C(=C(\O)c3ccc(OCC)cc3)C(=O)C(=O)N2CCN(C)C)c2ccccc21. The van der Waals surface area contributed by atoms with Gasteiger partial charge < -0.3 is 24.5 Å². The number of hydrogen-bond donors (Lipinski definition) is 1. The second kappa shape index (κ2) is 9.38. The molecule has 2 amide bonds. The molecule has 1 unspecified atom stereocenters. The average Bonchev–Trinajstić information content (AvgIpc) is 3.22. The summed E-state index contributed by atoms with van der Waals surface area (Å²) in [7, 11) is 3.69. The number of aliphatic hydroxyl groups is 1. The van der Waals surface area contributed by atoms with Crippen LogP contribution < -0.4 is 9.64 Å². The van der Waals surface area contributed by atoms with Crippen LogP contribution in [-0.2, 0) is 19.9 Å². The van der Waals surface area contributed by atoms with Gasteiger partial charge in [-0.05, 0) is 51.4 Å². The summed E-state index contributed by atoms with van der Waals surface area (Å²) < 4.78 is 5.47. The highest BCUT2D eigenvalue weighted by Gasteiger charge is 2.66. The van der Waals surface area contributed by atoms with Gasteiger partial charge in [0.2, 0.25) is 0 Å². The van der Waals surface area contributed by atoms with Crippen LogP contribution in [-0.4, -0.2) is 72.8 Å². The van der Waals surface area contributed by atoms with Gasteiger partial charge in [-0.3, -0.25) is 14.4 Å². The third kappa shape index (κ3) is 3.70. The zero-order valence-electron chi connectivity index (χ0n) is 20.2. The molecule has 2 aliphatic heterocycles. The monoisotopic (exact) mass is 475 g/mol. The molecule has 0 aromatic heterocycles. The molecule has 2 heterocycles. The smallest absolute Gasteiger partial charge is 0.296 e. The van der Waals surface area contributed by atoms with Crippen molar-refractivity contribution in [3.05, 3.63) is 77.9 Å². The molecule has 4 rings (SSSR count). The molecule has 1 spiro atoms. The molecule has 8 nitrogen and oxygen atoms in total. The summed E-state index contributed by atoms with van der Waals surface area (Å²) in [5, 5.41) is 11.4. The molecule has 2 aromatic carbocycles. The van der Waals surface area contributed by atoms with E-state index in [0.717, 1.165) is 0 Å². The molecule has 1 fully saturated rings. The number of carbonyl (C=O) groups excluding carboxylic acids is 3. The van der Waals surface area contributed by atoms with Crippen molar-refractivity contribution in [2.24, 2.45) is 0 Å². The molecule has 0 aliphatic carbocycles. The Kier molecular flexibility index (Phi) is 6.49. The van der Waals surface area contributed by atoms with E-state index in [1.165, 1.54) is 9.80 Å². The quantitative estimate of drug-likeness (QED) is 0.273. The Morgan fingerprint density at radius 1 is 1.11 bits per heavy atom. The lowest BCUT2D eigenvalue weighted by atomic mass is 9.82. The van der Waals surface area contributed by atoms with Gasteiger partial charge in [0.05, 0.1) is 17.9 Å². The highest BCUT2D eigenvalue weighted by atomic mass is 16.5. The van der Waals surface area contributed by atoms with Crippen LogP contribution in [0.2, 0.25) is 0 Å². The van der Waals surface area contributed by atoms with Gasteiger partial charge in [0, 0.05) is 30.8 Å². The van der Waals surface area contributed by atoms with E-state index in [1.54, 1.807) is 54.6 Å². The van der Waals surface area contributed by atoms with Crippen molar-refractivity contribution in [1.29, 1.82) is 0 Å². The number of aliphatic hydroxyl groups excluding tert-OH is 1. The predicted octanol–water partition coefficient (Wildman–Crippen LogP) is 2.76. The lowest BCUT2D eigenvalue weighted by Crippen LogP contribution is -2.53. The van der Waals surface area contributed by atoms with Crippen molar-refractivity contribution in [2.45, 2.75) is 12.5 Å². The molecule has 2 aromatic rings. The van der Waals surface area contributed by atoms with E-state index in [9.17, 15) is 19.5 Å². The van der Waals surface area contributed by atoms with Crippen LogP contribution in [0.4, 0.5) is 5.69 Å². The van der Waals surface area contributed by atoms with Crippen molar-refractivity contribution in [2.75, 3.05) is 45.2 Å². The Bertz CT molecular complexity index is 1220. The summed E-state index contributed by atoms with van der Waals surface area (Å²) in [6.07, 6.45) is 1.59. The maximum atomic E-state index is 14.2. The lowest BCUT2D eigenvalue weighted by molar-refractivity contribution is -0.143. The Labute approximate surface area is 204 Å². The molecular weight excluding hydrogens is 446 g/mol. The minimum absolute atomic E-state index is 0.125. The number of anilines is 1. The summed E-state index contributed by atoms with van der Waals surface area (Å²) in [5.74, 6) is -1.97. The number of para-hydroxylation sites is 1. The van der Waals surface area contributed by atoms with Gasteiger partial charge >= 0.3 is 0 Å². The average molecular weight is 476 g/mol. The summed E-state index contributed by atoms with van der Waals surface area (Å²) in [4.78, 5) is 45.7. The zero-order chi connectivity index (χ0) is 25.3. The number of hydrogen-bond acceptors (Lipinski definition) is 6. The Morgan fingerprint density at radius 3 is 2.43 bits per heavy atom. The number of likely N-dealkylation sites (tertiary alicyclic amines) is 1. The second-order valence-corrected chi connectivity index (χ2v) is 8.70. The van der Waals surface area contributed by atoms with Gasteiger partial charge in [-0.25, -0.2) is 0 Å². The normalized spacial score (nSPS) is 20.7. The molecule has 1 N–H and O–H groups in total. The van der Waals surface area contributed by atoms with Gasteiger partial charge in [0.1, 0.15) is 11.5 Å². The molecule has 0 saturated carbocycles. The number of fused-ring (bicyclic) bond motifs is 2. The first-order valence-corrected chi connectivity index (χ1v) is 11.5. The zero-order valence-corrected chi connectivity index (χ0v) is 20.2. The van der Waals surface area contributed by atoms with Crippen LogP contribution >= 0.6 is 0 Å². The van der Waals surface area contributed by atoms with Crippen molar-refractivity contribution in [1.82, 2.24) is 9.80 Å². The van der Waals surface area contributed by atoms with E-state index < -0.39 is 28.9 Å².